The number of nitrogens with zero attached hydrogens (tertiary/aromatic N) is 3. The monoisotopic (exact) mass is 484 g/mol. The van der Waals surface area contributed by atoms with Gasteiger partial charge in [0.05, 0.1) is 27.0 Å². The first-order chi connectivity index (χ1) is 16.3. The van der Waals surface area contributed by atoms with Crippen molar-refractivity contribution in [3.05, 3.63) is 52.7 Å². The number of hydrogen-bond acceptors (Lipinski definition) is 5. The molecular formula is C23H28N6O4S. The average Bonchev–Trinajstić information content (AvgIpc) is 3.36. The quantitative estimate of drug-likeness (QED) is 0.336. The molecular weight excluding hydrogens is 456 g/mol. The number of rotatable bonds is 9. The van der Waals surface area contributed by atoms with Crippen molar-refractivity contribution in [3.8, 4) is 0 Å². The van der Waals surface area contributed by atoms with E-state index in [1.165, 1.54) is 4.31 Å². The minimum atomic E-state index is -3.58. The highest BCUT2D eigenvalue weighted by Gasteiger charge is 2.23. The molecule has 1 amide bonds. The fourth-order valence-corrected chi connectivity index (χ4v) is 5.61. The molecule has 0 saturated heterocycles. The number of amides is 1. The van der Waals surface area contributed by atoms with Gasteiger partial charge in [-0.1, -0.05) is 13.8 Å². The zero-order valence-corrected chi connectivity index (χ0v) is 20.2. The molecule has 0 unspecified atom stereocenters. The van der Waals surface area contributed by atoms with Gasteiger partial charge in [0.25, 0.3) is 0 Å². The van der Waals surface area contributed by atoms with Crippen LogP contribution in [0.5, 0.6) is 0 Å². The number of imidazole rings is 2. The van der Waals surface area contributed by atoms with Gasteiger partial charge in [-0.25, -0.2) is 18.2 Å². The van der Waals surface area contributed by atoms with Crippen LogP contribution in [0.25, 0.3) is 22.1 Å². The Morgan fingerprint density at radius 1 is 1.06 bits per heavy atom. The summed E-state index contributed by atoms with van der Waals surface area (Å²) in [6, 6.07) is 10.1. The first kappa shape index (κ1) is 23.7. The molecule has 0 radical (unpaired) electrons. The van der Waals surface area contributed by atoms with Gasteiger partial charge in [-0.3, -0.25) is 4.79 Å². The second kappa shape index (κ2) is 9.43. The summed E-state index contributed by atoms with van der Waals surface area (Å²) in [4.78, 5) is 34.2. The Bertz CT molecular complexity index is 1510. The van der Waals surface area contributed by atoms with Gasteiger partial charge in [-0.15, -0.1) is 0 Å². The van der Waals surface area contributed by atoms with Crippen molar-refractivity contribution in [3.63, 3.8) is 0 Å². The number of aromatic nitrogens is 4. The van der Waals surface area contributed by atoms with E-state index in [0.29, 0.717) is 48.3 Å². The van der Waals surface area contributed by atoms with Crippen molar-refractivity contribution in [2.45, 2.75) is 45.1 Å². The number of sulfonamides is 1. The SMILES string of the molecule is CCN(CC)S(=O)(=O)c1ccc2c(c1)nc(CCC(=O)Nc1ccc3[nH]c(=O)[nH]c3c1)n2CC. The van der Waals surface area contributed by atoms with E-state index in [2.05, 4.69) is 20.3 Å². The molecule has 2 aromatic heterocycles. The first-order valence-electron chi connectivity index (χ1n) is 11.3. The zero-order chi connectivity index (χ0) is 24.5. The van der Waals surface area contributed by atoms with E-state index in [4.69, 9.17) is 0 Å². The highest BCUT2D eigenvalue weighted by Crippen LogP contribution is 2.24. The molecule has 34 heavy (non-hydrogen) atoms. The Morgan fingerprint density at radius 2 is 1.79 bits per heavy atom. The third-order valence-corrected chi connectivity index (χ3v) is 7.88. The number of nitrogens with one attached hydrogen (secondary N) is 3. The predicted molar refractivity (Wildman–Crippen MR) is 131 cm³/mol. The van der Waals surface area contributed by atoms with Gasteiger partial charge in [-0.2, -0.15) is 4.31 Å². The highest BCUT2D eigenvalue weighted by molar-refractivity contribution is 7.89. The number of fused-ring (bicyclic) bond motifs is 2. The molecule has 0 aliphatic carbocycles. The van der Waals surface area contributed by atoms with Crippen molar-refractivity contribution < 1.29 is 13.2 Å². The summed E-state index contributed by atoms with van der Waals surface area (Å²) in [5, 5.41) is 2.84. The van der Waals surface area contributed by atoms with Crippen LogP contribution >= 0.6 is 0 Å². The van der Waals surface area contributed by atoms with Crippen LogP contribution < -0.4 is 11.0 Å². The number of hydrogen-bond donors (Lipinski definition) is 3. The molecule has 0 aliphatic rings. The summed E-state index contributed by atoms with van der Waals surface area (Å²) < 4.78 is 29.2. The van der Waals surface area contributed by atoms with Crippen LogP contribution in [-0.2, 0) is 27.8 Å². The molecule has 2 aromatic carbocycles. The summed E-state index contributed by atoms with van der Waals surface area (Å²) in [5.74, 6) is 0.534. The molecule has 4 aromatic rings. The Labute approximate surface area is 197 Å². The topological polar surface area (TPSA) is 133 Å². The van der Waals surface area contributed by atoms with Crippen molar-refractivity contribution in [1.82, 2.24) is 23.8 Å². The van der Waals surface area contributed by atoms with E-state index in [9.17, 15) is 18.0 Å². The zero-order valence-electron chi connectivity index (χ0n) is 19.4. The van der Waals surface area contributed by atoms with Gasteiger partial charge in [0, 0.05) is 38.2 Å². The molecule has 11 heteroatoms. The van der Waals surface area contributed by atoms with Gasteiger partial charge >= 0.3 is 5.69 Å². The number of aryl methyl sites for hydroxylation is 2. The normalized spacial score (nSPS) is 12.1. The van der Waals surface area contributed by atoms with Gasteiger partial charge < -0.3 is 19.9 Å². The van der Waals surface area contributed by atoms with Gasteiger partial charge in [0.2, 0.25) is 15.9 Å². The van der Waals surface area contributed by atoms with Crippen molar-refractivity contribution in [2.24, 2.45) is 0 Å². The molecule has 180 valence electrons. The predicted octanol–water partition coefficient (Wildman–Crippen LogP) is 2.83. The maximum atomic E-state index is 12.9. The fourth-order valence-electron chi connectivity index (χ4n) is 4.14. The lowest BCUT2D eigenvalue weighted by molar-refractivity contribution is -0.116. The van der Waals surface area contributed by atoms with E-state index in [1.54, 1.807) is 36.4 Å². The van der Waals surface area contributed by atoms with E-state index in [1.807, 2.05) is 25.3 Å². The summed E-state index contributed by atoms with van der Waals surface area (Å²) in [5.41, 5.74) is 2.99. The Kier molecular flexibility index (Phi) is 6.58. The Morgan fingerprint density at radius 3 is 2.50 bits per heavy atom. The van der Waals surface area contributed by atoms with Crippen LogP contribution in [0.4, 0.5) is 5.69 Å². The number of H-pyrrole nitrogens is 2. The van der Waals surface area contributed by atoms with Crippen LogP contribution in [0, 0.1) is 0 Å². The standard InChI is InChI=1S/C23H28N6O4S/c1-4-28(5-2)34(32,33)16-8-10-20-19(14-16)25-21(29(20)6-3)11-12-22(30)24-15-7-9-17-18(13-15)27-23(31)26-17/h7-10,13-14H,4-6,11-12H2,1-3H3,(H,24,30)(H2,26,27,31). The average molecular weight is 485 g/mol. The largest absolute Gasteiger partial charge is 0.328 e. The maximum Gasteiger partial charge on any atom is 0.323 e. The van der Waals surface area contributed by atoms with Crippen LogP contribution in [-0.4, -0.2) is 51.2 Å². The molecule has 0 spiro atoms. The molecule has 3 N–H and O–H groups in total. The third-order valence-electron chi connectivity index (χ3n) is 5.83. The smallest absolute Gasteiger partial charge is 0.323 e. The minimum Gasteiger partial charge on any atom is -0.328 e. The Balaban J connectivity index is 1.52. The molecule has 0 atom stereocenters. The summed E-state index contributed by atoms with van der Waals surface area (Å²) >= 11 is 0. The third kappa shape index (κ3) is 4.48. The van der Waals surface area contributed by atoms with Gasteiger partial charge in [0.1, 0.15) is 5.82 Å². The van der Waals surface area contributed by atoms with Crippen LogP contribution in [0.1, 0.15) is 33.0 Å². The van der Waals surface area contributed by atoms with Crippen LogP contribution in [0.3, 0.4) is 0 Å². The summed E-state index contributed by atoms with van der Waals surface area (Å²) in [6.45, 7) is 7.04. The lowest BCUT2D eigenvalue weighted by Gasteiger charge is -2.18. The van der Waals surface area contributed by atoms with E-state index >= 15 is 0 Å². The lowest BCUT2D eigenvalue weighted by atomic mass is 10.2. The second-order valence-corrected chi connectivity index (χ2v) is 9.84. The molecule has 0 aliphatic heterocycles. The number of anilines is 1. The van der Waals surface area contributed by atoms with Gasteiger partial charge in [0.15, 0.2) is 0 Å². The number of benzene rings is 2. The molecule has 0 bridgehead atoms. The van der Waals surface area contributed by atoms with Gasteiger partial charge in [-0.05, 0) is 43.3 Å². The number of carbonyl (C=O) groups excluding carboxylic acids is 1. The minimum absolute atomic E-state index is 0.184. The maximum absolute atomic E-state index is 12.9. The molecule has 4 rings (SSSR count). The summed E-state index contributed by atoms with van der Waals surface area (Å²) in [6.07, 6.45) is 0.603. The van der Waals surface area contributed by atoms with Crippen LogP contribution in [0.2, 0.25) is 0 Å². The first-order valence-corrected chi connectivity index (χ1v) is 12.7. The van der Waals surface area contributed by atoms with E-state index in [0.717, 1.165) is 11.3 Å². The van der Waals surface area contributed by atoms with Crippen molar-refractivity contribution in [1.29, 1.82) is 0 Å². The lowest BCUT2D eigenvalue weighted by Crippen LogP contribution is -2.30. The van der Waals surface area contributed by atoms with Crippen molar-refractivity contribution >= 4 is 43.7 Å². The second-order valence-electron chi connectivity index (χ2n) is 7.90. The number of aromatic amines is 2. The van der Waals surface area contributed by atoms with E-state index < -0.39 is 10.0 Å². The van der Waals surface area contributed by atoms with E-state index in [-0.39, 0.29) is 22.9 Å². The van der Waals surface area contributed by atoms with Crippen molar-refractivity contribution in [2.75, 3.05) is 18.4 Å². The molecule has 2 heterocycles. The molecule has 10 nitrogen and oxygen atoms in total. The Hall–Kier alpha value is -3.44. The highest BCUT2D eigenvalue weighted by atomic mass is 32.2. The number of carbonyl (C=O) groups is 1. The summed E-state index contributed by atoms with van der Waals surface area (Å²) in [7, 11) is -3.58. The molecule has 0 saturated carbocycles. The molecule has 0 fully saturated rings. The van der Waals surface area contributed by atoms with Crippen LogP contribution in [0.15, 0.2) is 46.1 Å². The fraction of sp³-hybridized carbons (Fsp3) is 0.348.